The average molecular weight is 501 g/mol. The maximum Gasteiger partial charge on any atom is 0.252 e. The SMILES string of the molecule is CC(=O)c1cccc(NC(=O)C2CCN(S(=O)(=O)c3cc(-c4noc(C5CC5)n4)cs3)CC2)c1. The second kappa shape index (κ2) is 9.05. The smallest absolute Gasteiger partial charge is 0.252 e. The first-order valence-electron chi connectivity index (χ1n) is 11.2. The number of thiophene rings is 1. The summed E-state index contributed by atoms with van der Waals surface area (Å²) in [5.41, 5.74) is 1.71. The van der Waals surface area contributed by atoms with Crippen LogP contribution in [-0.4, -0.2) is 47.6 Å². The number of carbonyl (C=O) groups excluding carboxylic acids is 2. The number of anilines is 1. The molecule has 5 rings (SSSR count). The van der Waals surface area contributed by atoms with Gasteiger partial charge in [-0.2, -0.15) is 9.29 Å². The second-order valence-corrected chi connectivity index (χ2v) is 11.8. The monoisotopic (exact) mass is 500 g/mol. The molecule has 2 aromatic heterocycles. The molecule has 1 aromatic carbocycles. The Labute approximate surface area is 201 Å². The number of benzene rings is 1. The van der Waals surface area contributed by atoms with Gasteiger partial charge in [0, 0.05) is 47.1 Å². The van der Waals surface area contributed by atoms with Crippen molar-refractivity contribution in [1.82, 2.24) is 14.4 Å². The lowest BCUT2D eigenvalue weighted by molar-refractivity contribution is -0.120. The van der Waals surface area contributed by atoms with Gasteiger partial charge in [0.15, 0.2) is 5.78 Å². The Hall–Kier alpha value is -2.89. The van der Waals surface area contributed by atoms with Crippen LogP contribution in [0.4, 0.5) is 5.69 Å². The zero-order valence-corrected chi connectivity index (χ0v) is 20.2. The first-order chi connectivity index (χ1) is 16.3. The first kappa shape index (κ1) is 22.9. The second-order valence-electron chi connectivity index (χ2n) is 8.69. The van der Waals surface area contributed by atoms with Crippen molar-refractivity contribution in [1.29, 1.82) is 0 Å². The van der Waals surface area contributed by atoms with Gasteiger partial charge in [0.25, 0.3) is 10.0 Å². The van der Waals surface area contributed by atoms with Crippen LogP contribution >= 0.6 is 11.3 Å². The zero-order valence-electron chi connectivity index (χ0n) is 18.6. The number of hydrogen-bond donors (Lipinski definition) is 1. The van der Waals surface area contributed by atoms with Crippen molar-refractivity contribution < 1.29 is 22.5 Å². The number of piperidine rings is 1. The highest BCUT2D eigenvalue weighted by Crippen LogP contribution is 2.40. The molecule has 2 aliphatic rings. The summed E-state index contributed by atoms with van der Waals surface area (Å²) in [4.78, 5) is 28.7. The van der Waals surface area contributed by atoms with Gasteiger partial charge in [-0.1, -0.05) is 17.3 Å². The molecule has 1 saturated heterocycles. The zero-order chi connectivity index (χ0) is 23.9. The standard InChI is InChI=1S/C23H24N4O5S2/c1-14(28)17-3-2-4-19(11-17)24-22(29)15-7-9-27(10-8-15)34(30,31)20-12-18(13-33-20)21-25-23(32-26-21)16-5-6-16/h2-4,11-13,15-16H,5-10H2,1H3,(H,24,29). The fraction of sp³-hybridized carbons (Fsp3) is 0.391. The van der Waals surface area contributed by atoms with Crippen LogP contribution in [-0.2, 0) is 14.8 Å². The predicted octanol–water partition coefficient (Wildman–Crippen LogP) is 3.92. The number of amides is 1. The van der Waals surface area contributed by atoms with Crippen LogP contribution in [0.1, 0.15) is 54.8 Å². The molecule has 0 spiro atoms. The van der Waals surface area contributed by atoms with E-state index in [-0.39, 0.29) is 34.9 Å². The number of nitrogens with zero attached hydrogens (tertiary/aromatic N) is 3. The highest BCUT2D eigenvalue weighted by atomic mass is 32.2. The summed E-state index contributed by atoms with van der Waals surface area (Å²) < 4.78 is 33.3. The molecular weight excluding hydrogens is 476 g/mol. The van der Waals surface area contributed by atoms with E-state index >= 15 is 0 Å². The number of ketones is 1. The molecule has 0 radical (unpaired) electrons. The van der Waals surface area contributed by atoms with E-state index in [2.05, 4.69) is 15.5 Å². The molecule has 0 unspecified atom stereocenters. The Balaban J connectivity index is 1.21. The first-order valence-corrected chi connectivity index (χ1v) is 13.5. The summed E-state index contributed by atoms with van der Waals surface area (Å²) in [6.07, 6.45) is 2.93. The molecule has 1 saturated carbocycles. The highest BCUT2D eigenvalue weighted by Gasteiger charge is 2.34. The fourth-order valence-corrected chi connectivity index (χ4v) is 6.74. The molecule has 3 heterocycles. The Morgan fingerprint density at radius 2 is 1.91 bits per heavy atom. The Morgan fingerprint density at radius 1 is 1.15 bits per heavy atom. The normalized spacial score (nSPS) is 17.6. The van der Waals surface area contributed by atoms with Crippen molar-refractivity contribution in [3.8, 4) is 11.4 Å². The minimum Gasteiger partial charge on any atom is -0.339 e. The molecule has 34 heavy (non-hydrogen) atoms. The third-order valence-electron chi connectivity index (χ3n) is 6.16. The Bertz CT molecular complexity index is 1330. The molecule has 2 fully saturated rings. The molecule has 1 aliphatic heterocycles. The van der Waals surface area contributed by atoms with Gasteiger partial charge in [0.05, 0.1) is 0 Å². The van der Waals surface area contributed by atoms with Crippen LogP contribution in [0.3, 0.4) is 0 Å². The van der Waals surface area contributed by atoms with Crippen molar-refractivity contribution in [3.63, 3.8) is 0 Å². The van der Waals surface area contributed by atoms with E-state index in [0.717, 1.165) is 24.2 Å². The van der Waals surface area contributed by atoms with E-state index in [9.17, 15) is 18.0 Å². The summed E-state index contributed by atoms with van der Waals surface area (Å²) >= 11 is 1.13. The molecule has 0 atom stereocenters. The van der Waals surface area contributed by atoms with E-state index in [1.165, 1.54) is 11.2 Å². The number of sulfonamides is 1. The van der Waals surface area contributed by atoms with Gasteiger partial charge < -0.3 is 9.84 Å². The third-order valence-corrected chi connectivity index (χ3v) is 9.47. The van der Waals surface area contributed by atoms with E-state index < -0.39 is 10.0 Å². The lowest BCUT2D eigenvalue weighted by atomic mass is 9.97. The number of nitrogens with one attached hydrogen (secondary N) is 1. The molecule has 1 amide bonds. The van der Waals surface area contributed by atoms with Crippen LogP contribution in [0.5, 0.6) is 0 Å². The Morgan fingerprint density at radius 3 is 2.62 bits per heavy atom. The summed E-state index contributed by atoms with van der Waals surface area (Å²) in [5.74, 6) is 0.808. The molecule has 3 aromatic rings. The largest absolute Gasteiger partial charge is 0.339 e. The summed E-state index contributed by atoms with van der Waals surface area (Å²) in [7, 11) is -3.67. The number of aromatic nitrogens is 2. The summed E-state index contributed by atoms with van der Waals surface area (Å²) in [6.45, 7) is 1.99. The number of Topliss-reactive ketones (excluding diaryl/α,β-unsaturated/α-hetero) is 1. The molecule has 9 nitrogen and oxygen atoms in total. The predicted molar refractivity (Wildman–Crippen MR) is 126 cm³/mol. The fourth-order valence-electron chi connectivity index (χ4n) is 3.96. The summed E-state index contributed by atoms with van der Waals surface area (Å²) in [6, 6.07) is 8.38. The van der Waals surface area contributed by atoms with Gasteiger partial charge in [-0.3, -0.25) is 9.59 Å². The van der Waals surface area contributed by atoms with Gasteiger partial charge >= 0.3 is 0 Å². The molecule has 11 heteroatoms. The van der Waals surface area contributed by atoms with Gasteiger partial charge in [0.2, 0.25) is 17.6 Å². The maximum absolute atomic E-state index is 13.2. The molecule has 178 valence electrons. The lowest BCUT2D eigenvalue weighted by Crippen LogP contribution is -2.41. The van der Waals surface area contributed by atoms with Crippen molar-refractivity contribution in [2.45, 2.75) is 42.7 Å². The molecule has 0 bridgehead atoms. The quantitative estimate of drug-likeness (QED) is 0.488. The van der Waals surface area contributed by atoms with Crippen molar-refractivity contribution in [2.75, 3.05) is 18.4 Å². The Kier molecular flexibility index (Phi) is 6.09. The summed E-state index contributed by atoms with van der Waals surface area (Å²) in [5, 5.41) is 8.56. The van der Waals surface area contributed by atoms with E-state index in [4.69, 9.17) is 4.52 Å². The van der Waals surface area contributed by atoms with Crippen LogP contribution in [0.25, 0.3) is 11.4 Å². The third kappa shape index (κ3) is 4.68. The molecule has 1 N–H and O–H groups in total. The van der Waals surface area contributed by atoms with E-state index in [0.29, 0.717) is 47.3 Å². The number of hydrogen-bond acceptors (Lipinski definition) is 8. The number of carbonyl (C=O) groups is 2. The van der Waals surface area contributed by atoms with Crippen molar-refractivity contribution >= 4 is 38.7 Å². The van der Waals surface area contributed by atoms with Crippen LogP contribution < -0.4 is 5.32 Å². The molecular formula is C23H24N4O5S2. The van der Waals surface area contributed by atoms with Gasteiger partial charge in [-0.05, 0) is 50.8 Å². The maximum atomic E-state index is 13.2. The van der Waals surface area contributed by atoms with Gasteiger partial charge in [0.1, 0.15) is 4.21 Å². The lowest BCUT2D eigenvalue weighted by Gasteiger charge is -2.30. The minimum absolute atomic E-state index is 0.0750. The van der Waals surface area contributed by atoms with Crippen LogP contribution in [0, 0.1) is 5.92 Å². The van der Waals surface area contributed by atoms with Crippen molar-refractivity contribution in [2.24, 2.45) is 5.92 Å². The average Bonchev–Trinajstić information content (AvgIpc) is 3.34. The number of rotatable bonds is 7. The van der Waals surface area contributed by atoms with E-state index in [1.54, 1.807) is 35.7 Å². The topological polar surface area (TPSA) is 122 Å². The minimum atomic E-state index is -3.67. The van der Waals surface area contributed by atoms with Crippen LogP contribution in [0.2, 0.25) is 0 Å². The van der Waals surface area contributed by atoms with Gasteiger partial charge in [-0.25, -0.2) is 8.42 Å². The molecule has 1 aliphatic carbocycles. The van der Waals surface area contributed by atoms with Gasteiger partial charge in [-0.15, -0.1) is 11.3 Å². The van der Waals surface area contributed by atoms with Crippen molar-refractivity contribution in [3.05, 3.63) is 47.2 Å². The highest BCUT2D eigenvalue weighted by molar-refractivity contribution is 7.91. The van der Waals surface area contributed by atoms with E-state index in [1.807, 2.05) is 0 Å². The van der Waals surface area contributed by atoms with Crippen LogP contribution in [0.15, 0.2) is 44.4 Å².